The number of sulfonamides is 1. The average Bonchev–Trinajstić information content (AvgIpc) is 2.63. The maximum Gasteiger partial charge on any atom is 0.322 e. The van der Waals surface area contributed by atoms with E-state index >= 15 is 0 Å². The molecule has 0 aliphatic carbocycles. The number of carboxylic acids is 1. The van der Waals surface area contributed by atoms with E-state index in [4.69, 9.17) is 10.8 Å². The highest BCUT2D eigenvalue weighted by Gasteiger charge is 2.27. The third-order valence-electron chi connectivity index (χ3n) is 1.97. The van der Waals surface area contributed by atoms with E-state index in [-0.39, 0.29) is 5.03 Å². The third-order valence-corrected chi connectivity index (χ3v) is 3.35. The van der Waals surface area contributed by atoms with Crippen molar-refractivity contribution in [2.24, 2.45) is 5.73 Å². The molecule has 0 unspecified atom stereocenters. The van der Waals surface area contributed by atoms with E-state index in [1.54, 1.807) is 0 Å². The van der Waals surface area contributed by atoms with Gasteiger partial charge in [0.1, 0.15) is 11.9 Å². The second kappa shape index (κ2) is 5.14. The highest BCUT2D eigenvalue weighted by Crippen LogP contribution is 2.07. The molecule has 5 N–H and O–H groups in total. The Morgan fingerprint density at radius 3 is 2.61 bits per heavy atom. The van der Waals surface area contributed by atoms with Gasteiger partial charge in [-0.3, -0.25) is 9.59 Å². The van der Waals surface area contributed by atoms with Gasteiger partial charge in [0.15, 0.2) is 5.03 Å². The van der Waals surface area contributed by atoms with Crippen LogP contribution in [0.15, 0.2) is 11.2 Å². The molecule has 0 bridgehead atoms. The SMILES string of the molecule is Cc1ncc(S(=O)(=O)N[C@@H](CC(N)=O)C(=O)O)[nH]1. The summed E-state index contributed by atoms with van der Waals surface area (Å²) in [7, 11) is -4.09. The first-order valence-electron chi connectivity index (χ1n) is 4.77. The number of H-pyrrole nitrogens is 1. The van der Waals surface area contributed by atoms with Crippen molar-refractivity contribution in [3.8, 4) is 0 Å². The number of nitrogens with zero attached hydrogens (tertiary/aromatic N) is 1. The Balaban J connectivity index is 2.93. The van der Waals surface area contributed by atoms with Gasteiger partial charge in [0, 0.05) is 0 Å². The molecular formula is C8H12N4O5S. The Labute approximate surface area is 102 Å². The summed E-state index contributed by atoms with van der Waals surface area (Å²) >= 11 is 0. The van der Waals surface area contributed by atoms with E-state index in [1.807, 2.05) is 4.72 Å². The van der Waals surface area contributed by atoms with Gasteiger partial charge in [-0.2, -0.15) is 4.72 Å². The number of hydrogen-bond donors (Lipinski definition) is 4. The predicted molar refractivity (Wildman–Crippen MR) is 58.9 cm³/mol. The highest BCUT2D eigenvalue weighted by molar-refractivity contribution is 7.89. The molecule has 0 aromatic carbocycles. The molecule has 1 atom stereocenters. The lowest BCUT2D eigenvalue weighted by molar-refractivity contribution is -0.140. The van der Waals surface area contributed by atoms with E-state index < -0.39 is 34.4 Å². The van der Waals surface area contributed by atoms with Crippen LogP contribution in [0.3, 0.4) is 0 Å². The maximum absolute atomic E-state index is 11.7. The zero-order valence-corrected chi connectivity index (χ0v) is 10.2. The number of aryl methyl sites for hydroxylation is 1. The molecule has 1 aromatic heterocycles. The fourth-order valence-electron chi connectivity index (χ4n) is 1.17. The summed E-state index contributed by atoms with van der Waals surface area (Å²) in [5.74, 6) is -2.06. The van der Waals surface area contributed by atoms with Gasteiger partial charge in [-0.25, -0.2) is 13.4 Å². The molecule has 0 radical (unpaired) electrons. The van der Waals surface area contributed by atoms with Crippen LogP contribution in [0.4, 0.5) is 0 Å². The maximum atomic E-state index is 11.7. The Kier molecular flexibility index (Phi) is 4.03. The lowest BCUT2D eigenvalue weighted by Gasteiger charge is -2.11. The normalized spacial score (nSPS) is 13.2. The Bertz CT molecular complexity index is 564. The number of carboxylic acid groups (broad SMARTS) is 1. The molecule has 0 fully saturated rings. The molecule has 100 valence electrons. The fraction of sp³-hybridized carbons (Fsp3) is 0.375. The first-order chi connectivity index (χ1) is 8.22. The Morgan fingerprint density at radius 1 is 1.61 bits per heavy atom. The molecule has 0 saturated carbocycles. The lowest BCUT2D eigenvalue weighted by atomic mass is 10.2. The fourth-order valence-corrected chi connectivity index (χ4v) is 2.33. The summed E-state index contributed by atoms with van der Waals surface area (Å²) in [6.07, 6.45) is 0.405. The average molecular weight is 276 g/mol. The summed E-state index contributed by atoms with van der Waals surface area (Å²) in [4.78, 5) is 27.6. The molecule has 0 aliphatic heterocycles. The molecule has 9 nitrogen and oxygen atoms in total. The van der Waals surface area contributed by atoms with E-state index in [1.165, 1.54) is 6.92 Å². The minimum Gasteiger partial charge on any atom is -0.480 e. The number of hydrogen-bond acceptors (Lipinski definition) is 5. The number of rotatable bonds is 6. The van der Waals surface area contributed by atoms with Crippen LogP contribution < -0.4 is 10.5 Å². The number of aromatic nitrogens is 2. The second-order valence-corrected chi connectivity index (χ2v) is 5.20. The summed E-state index contributed by atoms with van der Waals surface area (Å²) in [6, 6.07) is -1.61. The molecule has 1 amide bonds. The van der Waals surface area contributed by atoms with Crippen molar-refractivity contribution in [3.05, 3.63) is 12.0 Å². The van der Waals surface area contributed by atoms with Gasteiger partial charge in [0.05, 0.1) is 12.6 Å². The summed E-state index contributed by atoms with van der Waals surface area (Å²) in [5, 5.41) is 8.50. The Morgan fingerprint density at radius 2 is 2.22 bits per heavy atom. The first-order valence-corrected chi connectivity index (χ1v) is 6.25. The number of primary amides is 1. The highest BCUT2D eigenvalue weighted by atomic mass is 32.2. The van der Waals surface area contributed by atoms with E-state index in [0.717, 1.165) is 6.20 Å². The van der Waals surface area contributed by atoms with E-state index in [2.05, 4.69) is 9.97 Å². The number of nitrogens with two attached hydrogens (primary N) is 1. The van der Waals surface area contributed by atoms with Crippen LogP contribution in [0.1, 0.15) is 12.2 Å². The quantitative estimate of drug-likeness (QED) is 0.486. The standard InChI is InChI=1S/C8H12N4O5S/c1-4-10-3-7(11-4)18(16,17)12-5(8(14)15)2-6(9)13/h3,5,12H,2H2,1H3,(H2,9,13)(H,10,11)(H,14,15)/t5-/m0/s1. The van der Waals surface area contributed by atoms with Crippen molar-refractivity contribution in [1.29, 1.82) is 0 Å². The third kappa shape index (κ3) is 3.53. The van der Waals surface area contributed by atoms with Crippen LogP contribution in [-0.4, -0.2) is 41.4 Å². The number of imidazole rings is 1. The van der Waals surface area contributed by atoms with Crippen LogP contribution in [0, 0.1) is 6.92 Å². The number of aliphatic carboxylic acids is 1. The number of carbonyl (C=O) groups excluding carboxylic acids is 1. The zero-order valence-electron chi connectivity index (χ0n) is 9.37. The Hall–Kier alpha value is -1.94. The van der Waals surface area contributed by atoms with Crippen LogP contribution in [0.2, 0.25) is 0 Å². The number of nitrogens with one attached hydrogen (secondary N) is 2. The molecule has 1 rings (SSSR count). The van der Waals surface area contributed by atoms with Gasteiger partial charge in [0.2, 0.25) is 5.91 Å². The monoisotopic (exact) mass is 276 g/mol. The van der Waals surface area contributed by atoms with Gasteiger partial charge in [-0.1, -0.05) is 0 Å². The molecular weight excluding hydrogens is 264 g/mol. The van der Waals surface area contributed by atoms with Crippen molar-refractivity contribution in [2.75, 3.05) is 0 Å². The second-order valence-electron chi connectivity index (χ2n) is 3.52. The zero-order chi connectivity index (χ0) is 13.9. The molecule has 18 heavy (non-hydrogen) atoms. The molecule has 0 aliphatic rings. The lowest BCUT2D eigenvalue weighted by Crippen LogP contribution is -2.43. The summed E-state index contributed by atoms with van der Waals surface area (Å²) in [6.45, 7) is 1.54. The molecule has 1 heterocycles. The molecule has 0 saturated heterocycles. The number of amides is 1. The molecule has 10 heteroatoms. The molecule has 0 spiro atoms. The number of carbonyl (C=O) groups is 2. The van der Waals surface area contributed by atoms with E-state index in [0.29, 0.717) is 5.82 Å². The van der Waals surface area contributed by atoms with Crippen LogP contribution in [0.25, 0.3) is 0 Å². The van der Waals surface area contributed by atoms with Crippen LogP contribution in [-0.2, 0) is 19.6 Å². The summed E-state index contributed by atoms with van der Waals surface area (Å²) < 4.78 is 25.3. The van der Waals surface area contributed by atoms with Crippen molar-refractivity contribution >= 4 is 21.9 Å². The minimum atomic E-state index is -4.09. The smallest absolute Gasteiger partial charge is 0.322 e. The van der Waals surface area contributed by atoms with Gasteiger partial charge in [-0.15, -0.1) is 0 Å². The minimum absolute atomic E-state index is 0.282. The predicted octanol–water partition coefficient (Wildman–Crippen LogP) is -1.67. The van der Waals surface area contributed by atoms with Gasteiger partial charge in [-0.05, 0) is 6.92 Å². The number of aromatic amines is 1. The van der Waals surface area contributed by atoms with E-state index in [9.17, 15) is 18.0 Å². The van der Waals surface area contributed by atoms with Gasteiger partial charge in [0.25, 0.3) is 10.0 Å². The van der Waals surface area contributed by atoms with Crippen molar-refractivity contribution in [3.63, 3.8) is 0 Å². The van der Waals surface area contributed by atoms with Crippen molar-refractivity contribution in [2.45, 2.75) is 24.4 Å². The van der Waals surface area contributed by atoms with Crippen molar-refractivity contribution < 1.29 is 23.1 Å². The summed E-state index contributed by atoms with van der Waals surface area (Å²) in [5.41, 5.74) is 4.84. The largest absolute Gasteiger partial charge is 0.480 e. The first kappa shape index (κ1) is 14.1. The molecule has 1 aromatic rings. The van der Waals surface area contributed by atoms with Crippen molar-refractivity contribution in [1.82, 2.24) is 14.7 Å². The van der Waals surface area contributed by atoms with Gasteiger partial charge >= 0.3 is 5.97 Å². The topological polar surface area (TPSA) is 155 Å². The van der Waals surface area contributed by atoms with Crippen LogP contribution in [0.5, 0.6) is 0 Å². The van der Waals surface area contributed by atoms with Gasteiger partial charge < -0.3 is 15.8 Å². The van der Waals surface area contributed by atoms with Crippen LogP contribution >= 0.6 is 0 Å².